The Morgan fingerprint density at radius 3 is 3.17 bits per heavy atom. The maximum Gasteiger partial charge on any atom is 0.227 e. The SMILES string of the molecule is CC(CCCN)C(=O)Nc1ccc2c(c1)CCO2. The molecule has 0 aromatic heterocycles. The number of nitrogens with one attached hydrogen (secondary N) is 1. The van der Waals surface area contributed by atoms with E-state index in [0.717, 1.165) is 37.3 Å². The number of fused-ring (bicyclic) bond motifs is 1. The molecular weight excluding hydrogens is 228 g/mol. The summed E-state index contributed by atoms with van der Waals surface area (Å²) in [5.74, 6) is 0.990. The summed E-state index contributed by atoms with van der Waals surface area (Å²) in [7, 11) is 0. The van der Waals surface area contributed by atoms with Gasteiger partial charge in [0.2, 0.25) is 5.91 Å². The Hall–Kier alpha value is -1.55. The van der Waals surface area contributed by atoms with E-state index in [1.807, 2.05) is 25.1 Å². The van der Waals surface area contributed by atoms with Crippen LogP contribution in [0.4, 0.5) is 5.69 Å². The highest BCUT2D eigenvalue weighted by Gasteiger charge is 2.15. The van der Waals surface area contributed by atoms with Crippen LogP contribution in [0, 0.1) is 5.92 Å². The number of carbonyl (C=O) groups is 1. The Morgan fingerprint density at radius 2 is 2.39 bits per heavy atom. The minimum Gasteiger partial charge on any atom is -0.493 e. The molecule has 0 saturated carbocycles. The maximum atomic E-state index is 11.9. The minimum atomic E-state index is -0.00180. The predicted molar refractivity (Wildman–Crippen MR) is 71.7 cm³/mol. The quantitative estimate of drug-likeness (QED) is 0.837. The summed E-state index contributed by atoms with van der Waals surface area (Å²) >= 11 is 0. The van der Waals surface area contributed by atoms with Gasteiger partial charge in [-0.2, -0.15) is 0 Å². The highest BCUT2D eigenvalue weighted by atomic mass is 16.5. The molecule has 18 heavy (non-hydrogen) atoms. The summed E-state index contributed by atoms with van der Waals surface area (Å²) in [4.78, 5) is 11.9. The zero-order valence-corrected chi connectivity index (χ0v) is 10.7. The number of rotatable bonds is 5. The molecule has 1 unspecified atom stereocenters. The van der Waals surface area contributed by atoms with E-state index in [-0.39, 0.29) is 11.8 Å². The Kier molecular flexibility index (Phi) is 4.20. The third kappa shape index (κ3) is 3.01. The smallest absolute Gasteiger partial charge is 0.227 e. The molecule has 4 heteroatoms. The summed E-state index contributed by atoms with van der Waals surface area (Å²) in [5.41, 5.74) is 7.47. The largest absolute Gasteiger partial charge is 0.493 e. The number of nitrogens with two attached hydrogens (primary N) is 1. The number of benzene rings is 1. The molecule has 2 rings (SSSR count). The fourth-order valence-electron chi connectivity index (χ4n) is 2.08. The van der Waals surface area contributed by atoms with E-state index in [2.05, 4.69) is 5.32 Å². The molecule has 0 radical (unpaired) electrons. The number of anilines is 1. The first-order valence-electron chi connectivity index (χ1n) is 6.47. The number of ether oxygens (including phenoxy) is 1. The van der Waals surface area contributed by atoms with Crippen molar-refractivity contribution in [1.29, 1.82) is 0 Å². The van der Waals surface area contributed by atoms with E-state index in [0.29, 0.717) is 6.54 Å². The molecule has 0 fully saturated rings. The molecule has 1 amide bonds. The Morgan fingerprint density at radius 1 is 1.56 bits per heavy atom. The third-order valence-corrected chi connectivity index (χ3v) is 3.25. The zero-order chi connectivity index (χ0) is 13.0. The second kappa shape index (κ2) is 5.87. The molecule has 0 saturated heterocycles. The van der Waals surface area contributed by atoms with Gasteiger partial charge >= 0.3 is 0 Å². The van der Waals surface area contributed by atoms with E-state index >= 15 is 0 Å². The normalized spacial score (nSPS) is 14.8. The third-order valence-electron chi connectivity index (χ3n) is 3.25. The highest BCUT2D eigenvalue weighted by molar-refractivity contribution is 5.92. The van der Waals surface area contributed by atoms with Gasteiger partial charge in [0.05, 0.1) is 6.61 Å². The fraction of sp³-hybridized carbons (Fsp3) is 0.500. The lowest BCUT2D eigenvalue weighted by Gasteiger charge is -2.12. The zero-order valence-electron chi connectivity index (χ0n) is 10.7. The number of hydrogen-bond donors (Lipinski definition) is 2. The average Bonchev–Trinajstić information content (AvgIpc) is 2.83. The molecule has 4 nitrogen and oxygen atoms in total. The van der Waals surface area contributed by atoms with E-state index in [9.17, 15) is 4.79 Å². The van der Waals surface area contributed by atoms with E-state index in [4.69, 9.17) is 10.5 Å². The molecule has 1 atom stereocenters. The molecule has 3 N–H and O–H groups in total. The fourth-order valence-corrected chi connectivity index (χ4v) is 2.08. The Bertz CT molecular complexity index is 432. The van der Waals surface area contributed by atoms with Gasteiger partial charge in [0.25, 0.3) is 0 Å². The first-order chi connectivity index (χ1) is 8.70. The van der Waals surface area contributed by atoms with Crippen molar-refractivity contribution >= 4 is 11.6 Å². The van der Waals surface area contributed by atoms with Crippen molar-refractivity contribution in [2.45, 2.75) is 26.2 Å². The Balaban J connectivity index is 1.94. The molecule has 98 valence electrons. The highest BCUT2D eigenvalue weighted by Crippen LogP contribution is 2.28. The maximum absolute atomic E-state index is 11.9. The summed E-state index contributed by atoms with van der Waals surface area (Å²) < 4.78 is 5.43. The van der Waals surface area contributed by atoms with Gasteiger partial charge in [-0.15, -0.1) is 0 Å². The molecule has 1 aromatic rings. The standard InChI is InChI=1S/C14H20N2O2/c1-10(3-2-7-15)14(17)16-12-4-5-13-11(9-12)6-8-18-13/h4-5,9-10H,2-3,6-8,15H2,1H3,(H,16,17). The second-order valence-electron chi connectivity index (χ2n) is 4.74. The lowest BCUT2D eigenvalue weighted by atomic mass is 10.0. The van der Waals surface area contributed by atoms with Gasteiger partial charge in [-0.1, -0.05) is 6.92 Å². The van der Waals surface area contributed by atoms with Crippen molar-refractivity contribution in [1.82, 2.24) is 0 Å². The van der Waals surface area contributed by atoms with Crippen LogP contribution in [0.25, 0.3) is 0 Å². The lowest BCUT2D eigenvalue weighted by Crippen LogP contribution is -2.21. The summed E-state index contributed by atoms with van der Waals surface area (Å²) in [5, 5.41) is 2.94. The van der Waals surface area contributed by atoms with E-state index in [1.165, 1.54) is 5.56 Å². The monoisotopic (exact) mass is 248 g/mol. The van der Waals surface area contributed by atoms with Crippen LogP contribution in [0.3, 0.4) is 0 Å². The van der Waals surface area contributed by atoms with Gasteiger partial charge in [0.15, 0.2) is 0 Å². The molecule has 0 bridgehead atoms. The van der Waals surface area contributed by atoms with Crippen molar-refractivity contribution < 1.29 is 9.53 Å². The minimum absolute atomic E-state index is 0.00180. The topological polar surface area (TPSA) is 64.4 Å². The van der Waals surface area contributed by atoms with Crippen molar-refractivity contribution in [3.63, 3.8) is 0 Å². The van der Waals surface area contributed by atoms with Crippen molar-refractivity contribution in [2.24, 2.45) is 11.7 Å². The van der Waals surface area contributed by atoms with Crippen LogP contribution in [-0.4, -0.2) is 19.1 Å². The lowest BCUT2D eigenvalue weighted by molar-refractivity contribution is -0.119. The molecule has 1 aliphatic heterocycles. The van der Waals surface area contributed by atoms with Gasteiger partial charge in [-0.3, -0.25) is 4.79 Å². The van der Waals surface area contributed by atoms with Crippen molar-refractivity contribution in [3.05, 3.63) is 23.8 Å². The van der Waals surface area contributed by atoms with Gasteiger partial charge < -0.3 is 15.8 Å². The summed E-state index contributed by atoms with van der Waals surface area (Å²) in [6, 6.07) is 5.80. The molecule has 0 spiro atoms. The molecular formula is C14H20N2O2. The first kappa shape index (κ1) is 12.9. The van der Waals surface area contributed by atoms with Crippen molar-refractivity contribution in [3.8, 4) is 5.75 Å². The van der Waals surface area contributed by atoms with Gasteiger partial charge in [0.1, 0.15) is 5.75 Å². The summed E-state index contributed by atoms with van der Waals surface area (Å²) in [6.45, 7) is 3.30. The average molecular weight is 248 g/mol. The summed E-state index contributed by atoms with van der Waals surface area (Å²) in [6.07, 6.45) is 2.63. The van der Waals surface area contributed by atoms with E-state index < -0.39 is 0 Å². The van der Waals surface area contributed by atoms with Gasteiger partial charge in [-0.25, -0.2) is 0 Å². The molecule has 0 aliphatic carbocycles. The van der Waals surface area contributed by atoms with Crippen LogP contribution in [0.1, 0.15) is 25.3 Å². The van der Waals surface area contributed by atoms with Crippen molar-refractivity contribution in [2.75, 3.05) is 18.5 Å². The molecule has 1 aromatic carbocycles. The second-order valence-corrected chi connectivity index (χ2v) is 4.74. The van der Waals surface area contributed by atoms with E-state index in [1.54, 1.807) is 0 Å². The van der Waals surface area contributed by atoms with Gasteiger partial charge in [-0.05, 0) is 43.1 Å². The number of hydrogen-bond acceptors (Lipinski definition) is 3. The number of amides is 1. The first-order valence-corrected chi connectivity index (χ1v) is 6.47. The van der Waals surface area contributed by atoms with Crippen LogP contribution in [-0.2, 0) is 11.2 Å². The Labute approximate surface area is 108 Å². The number of carbonyl (C=O) groups excluding carboxylic acids is 1. The predicted octanol–water partition coefficient (Wildman–Crippen LogP) is 1.93. The van der Waals surface area contributed by atoms with Crippen LogP contribution >= 0.6 is 0 Å². The molecule has 1 heterocycles. The molecule has 1 aliphatic rings. The van der Waals surface area contributed by atoms with Crippen LogP contribution in [0.2, 0.25) is 0 Å². The van der Waals surface area contributed by atoms with Crippen LogP contribution in [0.5, 0.6) is 5.75 Å². The van der Waals surface area contributed by atoms with Crippen LogP contribution < -0.4 is 15.8 Å². The van der Waals surface area contributed by atoms with Gasteiger partial charge in [0, 0.05) is 18.0 Å². The van der Waals surface area contributed by atoms with Crippen LogP contribution in [0.15, 0.2) is 18.2 Å².